The predicted molar refractivity (Wildman–Crippen MR) is 89.4 cm³/mol. The van der Waals surface area contributed by atoms with Crippen molar-refractivity contribution in [2.24, 2.45) is 5.92 Å². The Morgan fingerprint density at radius 1 is 1.16 bits per heavy atom. The van der Waals surface area contributed by atoms with Crippen molar-refractivity contribution in [1.82, 2.24) is 29.5 Å². The van der Waals surface area contributed by atoms with Gasteiger partial charge in [0.05, 0.1) is 6.20 Å². The van der Waals surface area contributed by atoms with E-state index in [9.17, 15) is 8.78 Å². The fourth-order valence-electron chi connectivity index (χ4n) is 2.81. The minimum absolute atomic E-state index is 0.237. The third-order valence-electron chi connectivity index (χ3n) is 3.91. The molecule has 0 radical (unpaired) electrons. The Hall–Kier alpha value is -2.90. The van der Waals surface area contributed by atoms with Crippen LogP contribution in [0.3, 0.4) is 0 Å². The minimum atomic E-state index is -2.65. The molecular weight excluding hydrogens is 326 g/mol. The van der Waals surface area contributed by atoms with Crippen LogP contribution >= 0.6 is 0 Å². The maximum absolute atomic E-state index is 13.1. The molecule has 0 saturated carbocycles. The maximum atomic E-state index is 13.1. The van der Waals surface area contributed by atoms with Crippen molar-refractivity contribution in [2.75, 3.05) is 0 Å². The zero-order valence-electron chi connectivity index (χ0n) is 13.7. The summed E-state index contributed by atoms with van der Waals surface area (Å²) in [5.41, 5.74) is 1.98. The number of hydrogen-bond donors (Lipinski definition) is 1. The number of nitrogens with one attached hydrogen (secondary N) is 1. The van der Waals surface area contributed by atoms with E-state index in [-0.39, 0.29) is 5.69 Å². The molecule has 0 amide bonds. The highest BCUT2D eigenvalue weighted by molar-refractivity contribution is 5.89. The topological polar surface area (TPSA) is 71.8 Å². The molecule has 0 aliphatic carbocycles. The Morgan fingerprint density at radius 2 is 2.00 bits per heavy atom. The fraction of sp³-hybridized carbons (Fsp3) is 0.294. The number of rotatable bonds is 4. The Morgan fingerprint density at radius 3 is 2.76 bits per heavy atom. The molecule has 0 aromatic carbocycles. The van der Waals surface area contributed by atoms with Gasteiger partial charge in [-0.05, 0) is 24.1 Å². The average Bonchev–Trinajstić information content (AvgIpc) is 3.19. The summed E-state index contributed by atoms with van der Waals surface area (Å²) in [5.74, 6) is 1.09. The summed E-state index contributed by atoms with van der Waals surface area (Å²) in [4.78, 5) is 16.2. The molecule has 0 atom stereocenters. The molecule has 0 unspecified atom stereocenters. The second-order valence-corrected chi connectivity index (χ2v) is 6.30. The minimum Gasteiger partial charge on any atom is -0.346 e. The zero-order valence-corrected chi connectivity index (χ0v) is 13.7. The summed E-state index contributed by atoms with van der Waals surface area (Å²) < 4.78 is 27.5. The van der Waals surface area contributed by atoms with E-state index in [0.29, 0.717) is 34.4 Å². The van der Waals surface area contributed by atoms with Gasteiger partial charge in [-0.3, -0.25) is 0 Å². The number of imidazole rings is 1. The maximum Gasteiger partial charge on any atom is 0.282 e. The van der Waals surface area contributed by atoms with Crippen molar-refractivity contribution >= 4 is 16.7 Å². The molecule has 4 heterocycles. The summed E-state index contributed by atoms with van der Waals surface area (Å²) in [6, 6.07) is 5.26. The Balaban J connectivity index is 1.92. The molecule has 0 bridgehead atoms. The highest BCUT2D eigenvalue weighted by Gasteiger charge is 2.17. The first-order valence-electron chi connectivity index (χ1n) is 8.00. The molecule has 1 N–H and O–H groups in total. The lowest BCUT2D eigenvalue weighted by molar-refractivity contribution is 0.143. The second kappa shape index (κ2) is 5.87. The van der Waals surface area contributed by atoms with Gasteiger partial charge in [0.25, 0.3) is 6.43 Å². The molecule has 25 heavy (non-hydrogen) atoms. The van der Waals surface area contributed by atoms with Gasteiger partial charge < -0.3 is 4.98 Å². The van der Waals surface area contributed by atoms with Gasteiger partial charge in [-0.15, -0.1) is 0 Å². The first-order valence-corrected chi connectivity index (χ1v) is 8.00. The van der Waals surface area contributed by atoms with Crippen molar-refractivity contribution in [3.63, 3.8) is 0 Å². The lowest BCUT2D eigenvalue weighted by Gasteiger charge is -2.08. The predicted octanol–water partition coefficient (Wildman–Crippen LogP) is 3.80. The van der Waals surface area contributed by atoms with Crippen LogP contribution in [-0.4, -0.2) is 29.5 Å². The van der Waals surface area contributed by atoms with Crippen LogP contribution in [0.1, 0.15) is 31.8 Å². The Bertz CT molecular complexity index is 1050. The first-order chi connectivity index (χ1) is 12.0. The normalized spacial score (nSPS) is 12.1. The molecule has 4 rings (SSSR count). The molecule has 0 aliphatic heterocycles. The molecule has 0 spiro atoms. The third kappa shape index (κ3) is 2.73. The molecule has 8 heteroatoms. The van der Waals surface area contributed by atoms with Crippen LogP contribution in [0.4, 0.5) is 8.78 Å². The SMILES string of the molecule is CC(C)Cc1nc(-c2ccc3ncc(C(F)F)n3n2)c2cc[nH]c2n1. The Labute approximate surface area is 142 Å². The highest BCUT2D eigenvalue weighted by Crippen LogP contribution is 2.26. The van der Waals surface area contributed by atoms with Crippen LogP contribution in [-0.2, 0) is 6.42 Å². The van der Waals surface area contributed by atoms with E-state index in [1.165, 1.54) is 4.52 Å². The van der Waals surface area contributed by atoms with Gasteiger partial charge in [-0.2, -0.15) is 5.10 Å². The fourth-order valence-corrected chi connectivity index (χ4v) is 2.81. The summed E-state index contributed by atoms with van der Waals surface area (Å²) in [7, 11) is 0. The largest absolute Gasteiger partial charge is 0.346 e. The van der Waals surface area contributed by atoms with Gasteiger partial charge in [0.1, 0.15) is 28.6 Å². The van der Waals surface area contributed by atoms with Crippen LogP contribution in [0, 0.1) is 5.92 Å². The number of alkyl halides is 2. The first kappa shape index (κ1) is 15.6. The van der Waals surface area contributed by atoms with E-state index < -0.39 is 6.43 Å². The van der Waals surface area contributed by atoms with Crippen molar-refractivity contribution in [2.45, 2.75) is 26.7 Å². The molecule has 0 fully saturated rings. The number of nitrogens with zero attached hydrogens (tertiary/aromatic N) is 5. The highest BCUT2D eigenvalue weighted by atomic mass is 19.3. The quantitative estimate of drug-likeness (QED) is 0.612. The van der Waals surface area contributed by atoms with Gasteiger partial charge in [0.15, 0.2) is 5.65 Å². The van der Waals surface area contributed by atoms with Gasteiger partial charge >= 0.3 is 0 Å². The van der Waals surface area contributed by atoms with Gasteiger partial charge in [0.2, 0.25) is 0 Å². The molecule has 0 saturated heterocycles. The number of halogens is 2. The number of fused-ring (bicyclic) bond motifs is 2. The van der Waals surface area contributed by atoms with Crippen molar-refractivity contribution < 1.29 is 8.78 Å². The summed E-state index contributed by atoms with van der Waals surface area (Å²) in [6.45, 7) is 4.18. The van der Waals surface area contributed by atoms with Gasteiger partial charge in [-0.25, -0.2) is 28.2 Å². The smallest absolute Gasteiger partial charge is 0.282 e. The second-order valence-electron chi connectivity index (χ2n) is 6.30. The lowest BCUT2D eigenvalue weighted by Crippen LogP contribution is -2.05. The lowest BCUT2D eigenvalue weighted by atomic mass is 10.1. The molecule has 4 aromatic heterocycles. The van der Waals surface area contributed by atoms with Crippen LogP contribution in [0.25, 0.3) is 28.1 Å². The molecule has 128 valence electrons. The van der Waals surface area contributed by atoms with Gasteiger partial charge in [0, 0.05) is 18.0 Å². The number of H-pyrrole nitrogens is 1. The van der Waals surface area contributed by atoms with E-state index in [4.69, 9.17) is 0 Å². The third-order valence-corrected chi connectivity index (χ3v) is 3.91. The van der Waals surface area contributed by atoms with Gasteiger partial charge in [-0.1, -0.05) is 13.8 Å². The molecule has 6 nitrogen and oxygen atoms in total. The van der Waals surface area contributed by atoms with E-state index in [0.717, 1.165) is 18.0 Å². The number of hydrogen-bond acceptors (Lipinski definition) is 4. The standard InChI is InChI=1S/C17H16F2N6/c1-9(2)7-13-22-15(10-5-6-20-17(10)23-13)11-3-4-14-21-8-12(16(18)19)25(14)24-11/h3-6,8-9,16H,7H2,1-2H3,(H,20,22,23). The molecule has 0 aliphatic rings. The number of aromatic nitrogens is 6. The van der Waals surface area contributed by atoms with Crippen LogP contribution in [0.2, 0.25) is 0 Å². The van der Waals surface area contributed by atoms with Crippen molar-refractivity contribution in [3.8, 4) is 11.4 Å². The summed E-state index contributed by atoms with van der Waals surface area (Å²) in [5, 5.41) is 5.15. The van der Waals surface area contributed by atoms with E-state index in [1.807, 2.05) is 6.07 Å². The van der Waals surface area contributed by atoms with Crippen LogP contribution < -0.4 is 0 Å². The Kier molecular flexibility index (Phi) is 3.67. The van der Waals surface area contributed by atoms with Crippen molar-refractivity contribution in [3.05, 3.63) is 42.1 Å². The van der Waals surface area contributed by atoms with Crippen molar-refractivity contribution in [1.29, 1.82) is 0 Å². The van der Waals surface area contributed by atoms with E-state index in [2.05, 4.69) is 38.9 Å². The molecule has 4 aromatic rings. The van der Waals surface area contributed by atoms with Crippen LogP contribution in [0.15, 0.2) is 30.6 Å². The van der Waals surface area contributed by atoms with E-state index >= 15 is 0 Å². The zero-order chi connectivity index (χ0) is 17.6. The average molecular weight is 342 g/mol. The molecular formula is C17H16F2N6. The van der Waals surface area contributed by atoms with E-state index in [1.54, 1.807) is 18.3 Å². The summed E-state index contributed by atoms with van der Waals surface area (Å²) >= 11 is 0. The monoisotopic (exact) mass is 342 g/mol. The summed E-state index contributed by atoms with van der Waals surface area (Å²) in [6.07, 6.45) is 0.999. The number of aromatic amines is 1. The van der Waals surface area contributed by atoms with Crippen LogP contribution in [0.5, 0.6) is 0 Å².